The van der Waals surface area contributed by atoms with E-state index in [-0.39, 0.29) is 23.0 Å². The van der Waals surface area contributed by atoms with Gasteiger partial charge in [-0.25, -0.2) is 9.97 Å². The molecule has 0 amide bonds. The SMILES string of the molecule is Cc1nc2c(n1CCc1ccc3ccccc3c1)C(=O)c1c(ncn1CCc1ccc3ccccc3c1)C2=O. The maximum Gasteiger partial charge on any atom is 0.234 e. The van der Waals surface area contributed by atoms with Gasteiger partial charge < -0.3 is 9.13 Å². The highest BCUT2D eigenvalue weighted by molar-refractivity contribution is 6.25. The summed E-state index contributed by atoms with van der Waals surface area (Å²) in [4.78, 5) is 36.1. The second-order valence-electron chi connectivity index (χ2n) is 10.2. The molecule has 0 N–H and O–H groups in total. The molecule has 2 aromatic heterocycles. The minimum Gasteiger partial charge on any atom is -0.327 e. The summed E-state index contributed by atoms with van der Waals surface area (Å²) in [6.45, 7) is 2.97. The number of ketones is 2. The highest BCUT2D eigenvalue weighted by Gasteiger charge is 2.38. The van der Waals surface area contributed by atoms with E-state index in [2.05, 4.69) is 70.6 Å². The van der Waals surface area contributed by atoms with Crippen LogP contribution in [-0.4, -0.2) is 30.7 Å². The first-order valence-corrected chi connectivity index (χ1v) is 13.2. The third-order valence-electron chi connectivity index (χ3n) is 7.75. The predicted molar refractivity (Wildman–Crippen MR) is 151 cm³/mol. The van der Waals surface area contributed by atoms with E-state index >= 15 is 0 Å². The Hall–Kier alpha value is -4.84. The number of rotatable bonds is 6. The van der Waals surface area contributed by atoms with Gasteiger partial charge in [0.1, 0.15) is 28.6 Å². The van der Waals surface area contributed by atoms with Crippen molar-refractivity contribution >= 4 is 33.1 Å². The fourth-order valence-electron chi connectivity index (χ4n) is 5.69. The summed E-state index contributed by atoms with van der Waals surface area (Å²) >= 11 is 0. The Kier molecular flexibility index (Phi) is 5.48. The van der Waals surface area contributed by atoms with E-state index in [0.29, 0.717) is 30.3 Å². The van der Waals surface area contributed by atoms with Crippen LogP contribution in [0.1, 0.15) is 49.3 Å². The monoisotopic (exact) mass is 510 g/mol. The van der Waals surface area contributed by atoms with Gasteiger partial charge in [-0.15, -0.1) is 0 Å². The number of carbonyl (C=O) groups is 2. The van der Waals surface area contributed by atoms with Crippen LogP contribution in [0.4, 0.5) is 0 Å². The molecule has 0 unspecified atom stereocenters. The first-order chi connectivity index (χ1) is 19.1. The standard InChI is InChI=1S/C33H26N4O2/c1-21-35-29-31(37(21)17-15-23-11-13-25-7-3-5-9-27(25)19-23)33(39)30-28(32(29)38)34-20-36(30)16-14-22-10-12-24-6-2-4-8-26(24)18-22/h2-13,18-20H,14-17H2,1H3. The zero-order chi connectivity index (χ0) is 26.5. The van der Waals surface area contributed by atoms with Crippen molar-refractivity contribution in [3.05, 3.63) is 131 Å². The first-order valence-electron chi connectivity index (χ1n) is 13.2. The predicted octanol–water partition coefficient (Wildman–Crippen LogP) is 5.96. The molecule has 0 saturated carbocycles. The van der Waals surface area contributed by atoms with E-state index in [1.807, 2.05) is 40.3 Å². The molecule has 0 saturated heterocycles. The van der Waals surface area contributed by atoms with Crippen molar-refractivity contribution in [2.24, 2.45) is 0 Å². The average molecular weight is 511 g/mol. The largest absolute Gasteiger partial charge is 0.327 e. The van der Waals surface area contributed by atoms with Crippen LogP contribution in [-0.2, 0) is 25.9 Å². The summed E-state index contributed by atoms with van der Waals surface area (Å²) in [5.74, 6) is 0.196. The van der Waals surface area contributed by atoms with Crippen molar-refractivity contribution in [2.75, 3.05) is 0 Å². The number of fused-ring (bicyclic) bond motifs is 4. The Morgan fingerprint density at radius 1 is 0.641 bits per heavy atom. The highest BCUT2D eigenvalue weighted by Crippen LogP contribution is 2.28. The Bertz CT molecular complexity index is 1930. The van der Waals surface area contributed by atoms with Gasteiger partial charge >= 0.3 is 0 Å². The van der Waals surface area contributed by atoms with Crippen LogP contribution in [0.15, 0.2) is 91.3 Å². The molecule has 190 valence electrons. The molecule has 1 aliphatic carbocycles. The molecule has 0 aliphatic heterocycles. The first kappa shape index (κ1) is 23.3. The number of carbonyl (C=O) groups excluding carboxylic acids is 2. The smallest absolute Gasteiger partial charge is 0.234 e. The third kappa shape index (κ3) is 3.96. The van der Waals surface area contributed by atoms with Gasteiger partial charge in [-0.1, -0.05) is 84.9 Å². The molecule has 6 nitrogen and oxygen atoms in total. The molecule has 4 aromatic carbocycles. The van der Waals surface area contributed by atoms with Crippen molar-refractivity contribution in [1.82, 2.24) is 19.1 Å². The van der Waals surface area contributed by atoms with Crippen LogP contribution in [0.25, 0.3) is 21.5 Å². The second-order valence-corrected chi connectivity index (χ2v) is 10.2. The zero-order valence-electron chi connectivity index (χ0n) is 21.6. The van der Waals surface area contributed by atoms with E-state index in [1.54, 1.807) is 6.33 Å². The molecule has 0 radical (unpaired) electrons. The second kappa shape index (κ2) is 9.17. The summed E-state index contributed by atoms with van der Waals surface area (Å²) in [5, 5.41) is 4.76. The number of hydrogen-bond acceptors (Lipinski definition) is 4. The number of hydrogen-bond donors (Lipinski definition) is 0. The van der Waals surface area contributed by atoms with E-state index in [9.17, 15) is 9.59 Å². The topological polar surface area (TPSA) is 69.8 Å². The molecule has 6 aromatic rings. The molecule has 0 spiro atoms. The fraction of sp³-hybridized carbons (Fsp3) is 0.152. The summed E-state index contributed by atoms with van der Waals surface area (Å²) in [5.41, 5.74) is 3.49. The number of imidazole rings is 2. The number of aromatic nitrogens is 4. The molecule has 1 aliphatic rings. The highest BCUT2D eigenvalue weighted by atomic mass is 16.1. The van der Waals surface area contributed by atoms with Crippen LogP contribution in [0.5, 0.6) is 0 Å². The van der Waals surface area contributed by atoms with Gasteiger partial charge in [-0.05, 0) is 52.4 Å². The fourth-order valence-corrected chi connectivity index (χ4v) is 5.69. The summed E-state index contributed by atoms with van der Waals surface area (Å²) in [6.07, 6.45) is 3.06. The Labute approximate surface area is 225 Å². The van der Waals surface area contributed by atoms with Gasteiger partial charge in [0, 0.05) is 13.1 Å². The Morgan fingerprint density at radius 2 is 1.23 bits per heavy atom. The summed E-state index contributed by atoms with van der Waals surface area (Å²) in [7, 11) is 0. The van der Waals surface area contributed by atoms with Crippen LogP contribution >= 0.6 is 0 Å². The summed E-state index contributed by atoms with van der Waals surface area (Å²) < 4.78 is 3.72. The lowest BCUT2D eigenvalue weighted by atomic mass is 9.98. The van der Waals surface area contributed by atoms with Gasteiger partial charge in [0.15, 0.2) is 0 Å². The lowest BCUT2D eigenvalue weighted by Crippen LogP contribution is -2.26. The minimum absolute atomic E-state index is 0.185. The minimum atomic E-state index is -0.281. The van der Waals surface area contributed by atoms with Gasteiger partial charge in [0.05, 0.1) is 6.33 Å². The maximum atomic E-state index is 13.9. The van der Waals surface area contributed by atoms with Crippen LogP contribution in [0.2, 0.25) is 0 Å². The van der Waals surface area contributed by atoms with Gasteiger partial charge in [0.2, 0.25) is 11.6 Å². The molecular formula is C33H26N4O2. The quantitative estimate of drug-likeness (QED) is 0.277. The molecule has 2 heterocycles. The average Bonchev–Trinajstić information content (AvgIpc) is 3.55. The lowest BCUT2D eigenvalue weighted by molar-refractivity contribution is 0.0962. The molecule has 39 heavy (non-hydrogen) atoms. The molecule has 0 atom stereocenters. The van der Waals surface area contributed by atoms with Crippen LogP contribution < -0.4 is 0 Å². The van der Waals surface area contributed by atoms with Crippen LogP contribution in [0.3, 0.4) is 0 Å². The number of aryl methyl sites for hydroxylation is 4. The molecule has 6 heteroatoms. The lowest BCUT2D eigenvalue weighted by Gasteiger charge is -2.16. The van der Waals surface area contributed by atoms with Crippen molar-refractivity contribution in [2.45, 2.75) is 32.9 Å². The van der Waals surface area contributed by atoms with E-state index in [0.717, 1.165) is 12.8 Å². The van der Waals surface area contributed by atoms with E-state index in [1.165, 1.54) is 32.7 Å². The number of nitrogens with zero attached hydrogens (tertiary/aromatic N) is 4. The van der Waals surface area contributed by atoms with Crippen LogP contribution in [0, 0.1) is 6.92 Å². The molecule has 0 bridgehead atoms. The Morgan fingerprint density at radius 3 is 1.87 bits per heavy atom. The maximum absolute atomic E-state index is 13.9. The molecule has 0 fully saturated rings. The van der Waals surface area contributed by atoms with Crippen molar-refractivity contribution < 1.29 is 9.59 Å². The molecular weight excluding hydrogens is 484 g/mol. The van der Waals surface area contributed by atoms with Crippen molar-refractivity contribution in [3.8, 4) is 0 Å². The zero-order valence-corrected chi connectivity index (χ0v) is 21.6. The number of benzene rings is 4. The Balaban J connectivity index is 1.16. The van der Waals surface area contributed by atoms with Crippen molar-refractivity contribution in [3.63, 3.8) is 0 Å². The van der Waals surface area contributed by atoms with Gasteiger partial charge in [-0.2, -0.15) is 0 Å². The van der Waals surface area contributed by atoms with E-state index in [4.69, 9.17) is 0 Å². The van der Waals surface area contributed by atoms with Gasteiger partial charge in [-0.3, -0.25) is 9.59 Å². The van der Waals surface area contributed by atoms with Gasteiger partial charge in [0.25, 0.3) is 0 Å². The van der Waals surface area contributed by atoms with Crippen molar-refractivity contribution in [1.29, 1.82) is 0 Å². The molecule has 7 rings (SSSR count). The van der Waals surface area contributed by atoms with E-state index < -0.39 is 0 Å². The third-order valence-corrected chi connectivity index (χ3v) is 7.75. The normalized spacial score (nSPS) is 12.7. The summed E-state index contributed by atoms with van der Waals surface area (Å²) in [6, 6.07) is 29.4.